The zero-order chi connectivity index (χ0) is 17.0. The molecular formula is C16H19N5O3. The molecule has 3 heterocycles. The molecule has 0 aliphatic carbocycles. The number of nitrogens with zero attached hydrogens (tertiary/aromatic N) is 3. The van der Waals surface area contributed by atoms with Crippen LogP contribution in [-0.4, -0.2) is 46.3 Å². The number of nitrogens with one attached hydrogen (secondary N) is 2. The van der Waals surface area contributed by atoms with E-state index in [2.05, 4.69) is 27.6 Å². The predicted octanol–water partition coefficient (Wildman–Crippen LogP) is 0.683. The molecule has 0 unspecified atom stereocenters. The molecule has 1 fully saturated rings. The lowest BCUT2D eigenvalue weighted by atomic mass is 9.89. The highest BCUT2D eigenvalue weighted by molar-refractivity contribution is 6.02. The molecule has 2 amide bonds. The van der Waals surface area contributed by atoms with Gasteiger partial charge in [0.1, 0.15) is 12.2 Å². The Morgan fingerprint density at radius 3 is 2.88 bits per heavy atom. The second-order valence-electron chi connectivity index (χ2n) is 6.18. The van der Waals surface area contributed by atoms with Crippen LogP contribution in [0.4, 0.5) is 5.69 Å². The monoisotopic (exact) mass is 329 g/mol. The third-order valence-corrected chi connectivity index (χ3v) is 3.71. The summed E-state index contributed by atoms with van der Waals surface area (Å²) in [4.78, 5) is 27.9. The summed E-state index contributed by atoms with van der Waals surface area (Å²) < 4.78 is 6.63. The quantitative estimate of drug-likeness (QED) is 0.812. The van der Waals surface area contributed by atoms with Gasteiger partial charge in [-0.3, -0.25) is 19.3 Å². The number of carbonyl (C=O) groups excluding carboxylic acids is 2. The summed E-state index contributed by atoms with van der Waals surface area (Å²) in [7, 11) is 0. The van der Waals surface area contributed by atoms with Crippen LogP contribution in [0.25, 0.3) is 0 Å². The van der Waals surface area contributed by atoms with E-state index in [0.29, 0.717) is 31.1 Å². The van der Waals surface area contributed by atoms with Crippen molar-refractivity contribution < 1.29 is 14.3 Å². The van der Waals surface area contributed by atoms with Crippen molar-refractivity contribution in [3.05, 3.63) is 42.5 Å². The number of ether oxygens (including phenoxy) is 1. The number of amides is 2. The second kappa shape index (κ2) is 6.79. The Hall–Kier alpha value is -2.74. The molecule has 1 saturated heterocycles. The van der Waals surface area contributed by atoms with Crippen molar-refractivity contribution in [1.29, 1.82) is 0 Å². The molecule has 24 heavy (non-hydrogen) atoms. The highest BCUT2D eigenvalue weighted by Gasteiger charge is 2.33. The molecule has 2 aromatic rings. The summed E-state index contributed by atoms with van der Waals surface area (Å²) in [5.41, 5.74) is 0.860. The molecule has 0 saturated carbocycles. The Kier molecular flexibility index (Phi) is 4.57. The number of hydrogen-bond acceptors (Lipinski definition) is 5. The summed E-state index contributed by atoms with van der Waals surface area (Å²) in [6.45, 7) is 4.07. The van der Waals surface area contributed by atoms with Crippen molar-refractivity contribution in [2.45, 2.75) is 13.5 Å². The maximum atomic E-state index is 12.0. The Bertz CT molecular complexity index is 724. The smallest absolute Gasteiger partial charge is 0.274 e. The zero-order valence-corrected chi connectivity index (χ0v) is 13.4. The average molecular weight is 329 g/mol. The molecule has 0 aromatic carbocycles. The van der Waals surface area contributed by atoms with Crippen LogP contribution in [-0.2, 0) is 16.1 Å². The van der Waals surface area contributed by atoms with Crippen LogP contribution >= 0.6 is 0 Å². The van der Waals surface area contributed by atoms with E-state index in [1.807, 2.05) is 0 Å². The van der Waals surface area contributed by atoms with E-state index >= 15 is 0 Å². The number of carbonyl (C=O) groups is 2. The molecule has 1 aliphatic rings. The second-order valence-corrected chi connectivity index (χ2v) is 6.18. The number of anilines is 1. The minimum atomic E-state index is -0.322. The highest BCUT2D eigenvalue weighted by Crippen LogP contribution is 2.24. The molecule has 1 aliphatic heterocycles. The largest absolute Gasteiger partial charge is 0.380 e. The van der Waals surface area contributed by atoms with Crippen molar-refractivity contribution in [3.8, 4) is 0 Å². The van der Waals surface area contributed by atoms with Crippen LogP contribution in [0.2, 0.25) is 0 Å². The molecule has 0 bridgehead atoms. The number of rotatable bonds is 6. The van der Waals surface area contributed by atoms with Gasteiger partial charge < -0.3 is 15.4 Å². The van der Waals surface area contributed by atoms with Gasteiger partial charge >= 0.3 is 0 Å². The van der Waals surface area contributed by atoms with Gasteiger partial charge in [-0.2, -0.15) is 5.10 Å². The number of pyridine rings is 1. The minimum absolute atomic E-state index is 0.0294. The molecule has 2 aromatic heterocycles. The van der Waals surface area contributed by atoms with Crippen molar-refractivity contribution >= 4 is 17.5 Å². The fourth-order valence-electron chi connectivity index (χ4n) is 2.27. The van der Waals surface area contributed by atoms with Crippen LogP contribution < -0.4 is 10.6 Å². The van der Waals surface area contributed by atoms with Crippen molar-refractivity contribution in [3.63, 3.8) is 0 Å². The fraction of sp³-hybridized carbons (Fsp3) is 0.375. The average Bonchev–Trinajstić information content (AvgIpc) is 2.99. The van der Waals surface area contributed by atoms with Gasteiger partial charge in [0.2, 0.25) is 5.91 Å². The van der Waals surface area contributed by atoms with E-state index in [0.717, 1.165) is 0 Å². The molecule has 8 nitrogen and oxygen atoms in total. The lowest BCUT2D eigenvalue weighted by Crippen LogP contribution is -2.49. The first kappa shape index (κ1) is 16.1. The summed E-state index contributed by atoms with van der Waals surface area (Å²) in [5, 5.41) is 9.64. The van der Waals surface area contributed by atoms with Crippen molar-refractivity contribution in [1.82, 2.24) is 20.1 Å². The van der Waals surface area contributed by atoms with Gasteiger partial charge in [-0.1, -0.05) is 13.0 Å². The minimum Gasteiger partial charge on any atom is -0.380 e. The van der Waals surface area contributed by atoms with Gasteiger partial charge in [0, 0.05) is 24.4 Å². The van der Waals surface area contributed by atoms with Crippen LogP contribution in [0.3, 0.4) is 0 Å². The normalized spacial score (nSPS) is 15.4. The Morgan fingerprint density at radius 1 is 1.38 bits per heavy atom. The first-order valence-corrected chi connectivity index (χ1v) is 7.63. The summed E-state index contributed by atoms with van der Waals surface area (Å²) in [6, 6.07) is 5.10. The van der Waals surface area contributed by atoms with E-state index in [9.17, 15) is 9.59 Å². The van der Waals surface area contributed by atoms with E-state index in [1.54, 1.807) is 30.6 Å². The van der Waals surface area contributed by atoms with Gasteiger partial charge in [0.25, 0.3) is 5.91 Å². The molecule has 3 rings (SSSR count). The van der Waals surface area contributed by atoms with Gasteiger partial charge in [-0.25, -0.2) is 0 Å². The van der Waals surface area contributed by atoms with Gasteiger partial charge in [-0.05, 0) is 12.1 Å². The summed E-state index contributed by atoms with van der Waals surface area (Å²) in [6.07, 6.45) is 4.65. The first-order chi connectivity index (χ1) is 11.5. The van der Waals surface area contributed by atoms with Gasteiger partial charge in [-0.15, -0.1) is 0 Å². The third kappa shape index (κ3) is 3.96. The molecular weight excluding hydrogens is 310 g/mol. The van der Waals surface area contributed by atoms with Crippen molar-refractivity contribution in [2.24, 2.45) is 5.41 Å². The SMILES string of the molecule is CC1(CNC(=O)Cn2cc(NC(=O)c3ccccn3)cn2)COC1. The van der Waals surface area contributed by atoms with E-state index < -0.39 is 0 Å². The van der Waals surface area contributed by atoms with E-state index in [1.165, 1.54) is 10.9 Å². The number of hydrogen-bond donors (Lipinski definition) is 2. The fourth-order valence-corrected chi connectivity index (χ4v) is 2.27. The summed E-state index contributed by atoms with van der Waals surface area (Å²) in [5.74, 6) is -0.452. The third-order valence-electron chi connectivity index (χ3n) is 3.71. The molecule has 0 spiro atoms. The van der Waals surface area contributed by atoms with Gasteiger partial charge in [0.15, 0.2) is 0 Å². The topological polar surface area (TPSA) is 98.1 Å². The standard InChI is InChI=1S/C16H19N5O3/c1-16(10-24-11-16)9-18-14(22)8-21-7-12(6-19-21)20-15(23)13-4-2-3-5-17-13/h2-7H,8-11H2,1H3,(H,18,22)(H,20,23). The molecule has 2 N–H and O–H groups in total. The Labute approximate surface area is 139 Å². The Balaban J connectivity index is 1.50. The number of aromatic nitrogens is 3. The lowest BCUT2D eigenvalue weighted by Gasteiger charge is -2.37. The van der Waals surface area contributed by atoms with E-state index in [-0.39, 0.29) is 23.8 Å². The first-order valence-electron chi connectivity index (χ1n) is 7.63. The summed E-state index contributed by atoms with van der Waals surface area (Å²) >= 11 is 0. The van der Waals surface area contributed by atoms with Crippen LogP contribution in [0.1, 0.15) is 17.4 Å². The maximum Gasteiger partial charge on any atom is 0.274 e. The zero-order valence-electron chi connectivity index (χ0n) is 13.4. The van der Waals surface area contributed by atoms with E-state index in [4.69, 9.17) is 4.74 Å². The highest BCUT2D eigenvalue weighted by atomic mass is 16.5. The molecule has 8 heteroatoms. The van der Waals surface area contributed by atoms with Crippen LogP contribution in [0.15, 0.2) is 36.8 Å². The van der Waals surface area contributed by atoms with Crippen LogP contribution in [0.5, 0.6) is 0 Å². The molecule has 0 radical (unpaired) electrons. The lowest BCUT2D eigenvalue weighted by molar-refractivity contribution is -0.127. The Morgan fingerprint density at radius 2 is 2.21 bits per heavy atom. The molecule has 126 valence electrons. The van der Waals surface area contributed by atoms with Crippen LogP contribution in [0, 0.1) is 5.41 Å². The molecule has 0 atom stereocenters. The predicted molar refractivity (Wildman–Crippen MR) is 86.4 cm³/mol. The van der Waals surface area contributed by atoms with Crippen molar-refractivity contribution in [2.75, 3.05) is 25.1 Å². The van der Waals surface area contributed by atoms with Gasteiger partial charge in [0.05, 0.1) is 25.1 Å². The maximum absolute atomic E-state index is 12.0.